The van der Waals surface area contributed by atoms with Gasteiger partial charge in [0.1, 0.15) is 4.49 Å². The minimum atomic E-state index is -0.222. The number of urea groups is 1. The van der Waals surface area contributed by atoms with Crippen LogP contribution in [0, 0.1) is 0 Å². The van der Waals surface area contributed by atoms with E-state index in [2.05, 4.69) is 18.8 Å². The molecule has 0 radical (unpaired) electrons. The van der Waals surface area contributed by atoms with Gasteiger partial charge >= 0.3 is 6.03 Å². The van der Waals surface area contributed by atoms with Crippen LogP contribution < -0.4 is 5.32 Å². The monoisotopic (exact) mass is 312 g/mol. The number of hydrogen-bond donors (Lipinski definition) is 1. The van der Waals surface area contributed by atoms with Gasteiger partial charge in [-0.25, -0.2) is 4.79 Å². The lowest BCUT2D eigenvalue weighted by molar-refractivity contribution is 0.222. The maximum Gasteiger partial charge on any atom is 0.322 e. The first-order valence-corrected chi connectivity index (χ1v) is 7.09. The topological polar surface area (TPSA) is 32.3 Å². The number of carbonyl (C=O) groups excluding carboxylic acids is 1. The van der Waals surface area contributed by atoms with E-state index in [1.165, 1.54) is 5.56 Å². The number of hydrogen-bond acceptors (Lipinski definition) is 1. The Morgan fingerprint density at radius 1 is 1.30 bits per heavy atom. The van der Waals surface area contributed by atoms with Crippen molar-refractivity contribution < 1.29 is 4.79 Å². The Morgan fingerprint density at radius 2 is 1.95 bits per heavy atom. The van der Waals surface area contributed by atoms with Gasteiger partial charge < -0.3 is 10.2 Å². The third-order valence-electron chi connectivity index (χ3n) is 2.72. The van der Waals surface area contributed by atoms with Crippen molar-refractivity contribution in [1.29, 1.82) is 0 Å². The van der Waals surface area contributed by atoms with Crippen LogP contribution in [0.4, 0.5) is 10.5 Å². The highest BCUT2D eigenvalue weighted by molar-refractivity contribution is 6.55. The molecule has 0 saturated carbocycles. The van der Waals surface area contributed by atoms with E-state index < -0.39 is 0 Å². The van der Waals surface area contributed by atoms with Crippen molar-refractivity contribution in [2.75, 3.05) is 18.4 Å². The molecule has 1 rings (SSSR count). The maximum atomic E-state index is 12.1. The van der Waals surface area contributed by atoms with Crippen molar-refractivity contribution in [3.8, 4) is 0 Å². The molecule has 0 atom stereocenters. The van der Waals surface area contributed by atoms with E-state index >= 15 is 0 Å². The molecule has 0 bridgehead atoms. The van der Waals surface area contributed by atoms with E-state index in [1.807, 2.05) is 24.3 Å². The molecule has 3 nitrogen and oxygen atoms in total. The molecule has 0 aromatic heterocycles. The molecule has 1 aromatic carbocycles. The number of carbonyl (C=O) groups is 1. The minimum Gasteiger partial charge on any atom is -0.317 e. The highest BCUT2D eigenvalue weighted by Gasteiger charge is 2.11. The summed E-state index contributed by atoms with van der Waals surface area (Å²) in [5.74, 6) is 0. The van der Waals surface area contributed by atoms with Crippen molar-refractivity contribution in [1.82, 2.24) is 4.90 Å². The Balaban J connectivity index is 2.68. The van der Waals surface area contributed by atoms with E-state index in [1.54, 1.807) is 17.1 Å². The Kier molecular flexibility index (Phi) is 7.20. The molecule has 1 aromatic rings. The van der Waals surface area contributed by atoms with Crippen LogP contribution in [0.3, 0.4) is 0 Å². The molecule has 108 valence electrons. The molecular weight excluding hydrogens is 295 g/mol. The van der Waals surface area contributed by atoms with E-state index in [0.717, 1.165) is 12.1 Å². The lowest BCUT2D eigenvalue weighted by Gasteiger charge is -2.20. The Hall–Kier alpha value is -1.45. The summed E-state index contributed by atoms with van der Waals surface area (Å²) in [6, 6.07) is 7.52. The zero-order valence-corrected chi connectivity index (χ0v) is 12.9. The van der Waals surface area contributed by atoms with Crippen LogP contribution in [-0.4, -0.2) is 24.0 Å². The van der Waals surface area contributed by atoms with Crippen LogP contribution >= 0.6 is 23.2 Å². The van der Waals surface area contributed by atoms with Crippen molar-refractivity contribution >= 4 is 34.9 Å². The average molecular weight is 313 g/mol. The van der Waals surface area contributed by atoms with Gasteiger partial charge in [0.05, 0.1) is 0 Å². The van der Waals surface area contributed by atoms with Gasteiger partial charge in [0, 0.05) is 18.8 Å². The second-order valence-electron chi connectivity index (χ2n) is 4.17. The smallest absolute Gasteiger partial charge is 0.317 e. The number of aryl methyl sites for hydroxylation is 1. The van der Waals surface area contributed by atoms with E-state index in [4.69, 9.17) is 23.2 Å². The fourth-order valence-corrected chi connectivity index (χ4v) is 1.74. The summed E-state index contributed by atoms with van der Waals surface area (Å²) in [6.07, 6.45) is 4.18. The van der Waals surface area contributed by atoms with Crippen LogP contribution in [0.5, 0.6) is 0 Å². The van der Waals surface area contributed by atoms with Gasteiger partial charge in [-0.3, -0.25) is 0 Å². The third kappa shape index (κ3) is 5.68. The first-order valence-electron chi connectivity index (χ1n) is 6.33. The SMILES string of the molecule is C=CCN(CC=C(Cl)Cl)C(=O)Nc1ccc(CC)cc1. The minimum absolute atomic E-state index is 0.138. The number of nitrogens with zero attached hydrogens (tertiary/aromatic N) is 1. The van der Waals surface area contributed by atoms with Gasteiger partial charge in [-0.05, 0) is 30.2 Å². The molecule has 0 unspecified atom stereocenters. The fraction of sp³-hybridized carbons (Fsp3) is 0.267. The molecule has 0 aliphatic rings. The van der Waals surface area contributed by atoms with Crippen molar-refractivity contribution in [3.05, 3.63) is 53.1 Å². The summed E-state index contributed by atoms with van der Waals surface area (Å²) in [6.45, 7) is 6.46. The second kappa shape index (κ2) is 8.67. The van der Waals surface area contributed by atoms with Crippen molar-refractivity contribution in [2.24, 2.45) is 0 Å². The molecular formula is C15H18Cl2N2O. The highest BCUT2D eigenvalue weighted by atomic mass is 35.5. The normalized spacial score (nSPS) is 9.75. The second-order valence-corrected chi connectivity index (χ2v) is 5.18. The average Bonchev–Trinajstić information content (AvgIpc) is 2.44. The largest absolute Gasteiger partial charge is 0.322 e. The van der Waals surface area contributed by atoms with Crippen molar-refractivity contribution in [2.45, 2.75) is 13.3 Å². The molecule has 0 fully saturated rings. The first kappa shape index (κ1) is 16.6. The van der Waals surface area contributed by atoms with Gasteiger partial charge in [0.25, 0.3) is 0 Å². The summed E-state index contributed by atoms with van der Waals surface area (Å²) in [5, 5.41) is 2.83. The molecule has 1 N–H and O–H groups in total. The summed E-state index contributed by atoms with van der Waals surface area (Å²) in [4.78, 5) is 13.7. The summed E-state index contributed by atoms with van der Waals surface area (Å²) in [7, 11) is 0. The van der Waals surface area contributed by atoms with Crippen LogP contribution in [0.25, 0.3) is 0 Å². The zero-order valence-electron chi connectivity index (χ0n) is 11.4. The van der Waals surface area contributed by atoms with Gasteiger partial charge in [-0.2, -0.15) is 0 Å². The van der Waals surface area contributed by atoms with E-state index in [-0.39, 0.29) is 10.5 Å². The molecule has 0 aliphatic carbocycles. The summed E-state index contributed by atoms with van der Waals surface area (Å²) in [5.41, 5.74) is 1.98. The maximum absolute atomic E-state index is 12.1. The summed E-state index contributed by atoms with van der Waals surface area (Å²) >= 11 is 11.1. The molecule has 0 aliphatic heterocycles. The Labute approximate surface area is 129 Å². The summed E-state index contributed by atoms with van der Waals surface area (Å²) < 4.78 is 0.138. The number of halogens is 2. The van der Waals surface area contributed by atoms with Crippen molar-refractivity contribution in [3.63, 3.8) is 0 Å². The third-order valence-corrected chi connectivity index (χ3v) is 3.02. The molecule has 5 heteroatoms. The standard InChI is InChI=1S/C15H18Cl2N2O/c1-3-10-19(11-9-14(16)17)15(20)18-13-7-5-12(4-2)6-8-13/h3,5-9H,1,4,10-11H2,2H3,(H,18,20). The predicted molar refractivity (Wildman–Crippen MR) is 86.4 cm³/mol. The van der Waals surface area contributed by atoms with Crippen LogP contribution in [0.1, 0.15) is 12.5 Å². The highest BCUT2D eigenvalue weighted by Crippen LogP contribution is 2.12. The number of benzene rings is 1. The lowest BCUT2D eigenvalue weighted by atomic mass is 10.1. The molecule has 2 amide bonds. The molecule has 0 heterocycles. The molecule has 0 saturated heterocycles. The van der Waals surface area contributed by atoms with Gasteiger partial charge in [-0.1, -0.05) is 48.3 Å². The van der Waals surface area contributed by atoms with E-state index in [0.29, 0.717) is 13.1 Å². The van der Waals surface area contributed by atoms with Crippen LogP contribution in [-0.2, 0) is 6.42 Å². The molecule has 20 heavy (non-hydrogen) atoms. The molecule has 0 spiro atoms. The lowest BCUT2D eigenvalue weighted by Crippen LogP contribution is -2.35. The Bertz CT molecular complexity index is 479. The van der Waals surface area contributed by atoms with E-state index in [9.17, 15) is 4.79 Å². The van der Waals surface area contributed by atoms with Gasteiger partial charge in [-0.15, -0.1) is 6.58 Å². The first-order chi connectivity index (χ1) is 9.56. The van der Waals surface area contributed by atoms with Gasteiger partial charge in [0.2, 0.25) is 0 Å². The number of amides is 2. The van der Waals surface area contributed by atoms with Gasteiger partial charge in [0.15, 0.2) is 0 Å². The zero-order chi connectivity index (χ0) is 15.0. The number of nitrogens with one attached hydrogen (secondary N) is 1. The number of anilines is 1. The van der Waals surface area contributed by atoms with Crippen LogP contribution in [0.2, 0.25) is 0 Å². The fourth-order valence-electron chi connectivity index (χ4n) is 1.60. The van der Waals surface area contributed by atoms with Crippen LogP contribution in [0.15, 0.2) is 47.5 Å². The Morgan fingerprint density at radius 3 is 2.45 bits per heavy atom. The predicted octanol–water partition coefficient (Wildman–Crippen LogP) is 4.59. The number of rotatable bonds is 6. The quantitative estimate of drug-likeness (QED) is 0.766.